The highest BCUT2D eigenvalue weighted by Crippen LogP contribution is 2.52. The van der Waals surface area contributed by atoms with Crippen LogP contribution in [-0.2, 0) is 0 Å². The summed E-state index contributed by atoms with van der Waals surface area (Å²) in [6, 6.07) is 68.1. The molecule has 5 nitrogen and oxygen atoms in total. The zero-order valence-electron chi connectivity index (χ0n) is 31.6. The van der Waals surface area contributed by atoms with E-state index in [2.05, 4.69) is 202 Å². The van der Waals surface area contributed by atoms with Crippen LogP contribution in [0.3, 0.4) is 0 Å². The Hall–Kier alpha value is -8.02. The Morgan fingerprint density at radius 3 is 1.58 bits per heavy atom. The van der Waals surface area contributed by atoms with Crippen LogP contribution in [0.25, 0.3) is 127 Å². The van der Waals surface area contributed by atoms with Gasteiger partial charge in [-0.15, -0.1) is 0 Å². The Kier molecular flexibility index (Phi) is 5.96. The molecule has 59 heavy (non-hydrogen) atoms. The minimum absolute atomic E-state index is 0.783. The van der Waals surface area contributed by atoms with Crippen LogP contribution in [0.5, 0.6) is 0 Å². The molecule has 14 rings (SSSR count). The summed E-state index contributed by atoms with van der Waals surface area (Å²) < 4.78 is 7.24. The van der Waals surface area contributed by atoms with Crippen molar-refractivity contribution in [2.75, 3.05) is 0 Å². The monoisotopic (exact) mass is 749 g/mol. The van der Waals surface area contributed by atoms with E-state index >= 15 is 0 Å². The first-order valence-electron chi connectivity index (χ1n) is 20.2. The molecule has 0 bridgehead atoms. The maximum absolute atomic E-state index is 5.74. The number of para-hydroxylation sites is 5. The van der Waals surface area contributed by atoms with Crippen LogP contribution < -0.4 is 0 Å². The lowest BCUT2D eigenvalue weighted by molar-refractivity contribution is 0.997. The fourth-order valence-corrected chi connectivity index (χ4v) is 10.4. The summed E-state index contributed by atoms with van der Waals surface area (Å²) in [4.78, 5) is 11.5. The fourth-order valence-electron chi connectivity index (χ4n) is 10.4. The van der Waals surface area contributed by atoms with E-state index in [1.807, 2.05) is 0 Å². The summed E-state index contributed by atoms with van der Waals surface area (Å²) in [5, 5.41) is 9.38. The van der Waals surface area contributed by atoms with E-state index in [1.54, 1.807) is 0 Å². The molecule has 9 aromatic carbocycles. The predicted molar refractivity (Wildman–Crippen MR) is 244 cm³/mol. The zero-order chi connectivity index (χ0) is 38.3. The van der Waals surface area contributed by atoms with Gasteiger partial charge in [0.1, 0.15) is 0 Å². The third kappa shape index (κ3) is 3.98. The van der Waals surface area contributed by atoms with E-state index < -0.39 is 0 Å². The quantitative estimate of drug-likeness (QED) is 0.165. The molecule has 4 aromatic heterocycles. The number of hydrogen-bond acceptors (Lipinski definition) is 2. The van der Waals surface area contributed by atoms with Crippen molar-refractivity contribution in [3.8, 4) is 39.6 Å². The molecule has 0 unspecified atom stereocenters. The number of hydrogen-bond donors (Lipinski definition) is 0. The van der Waals surface area contributed by atoms with Crippen LogP contribution >= 0.6 is 0 Å². The highest BCUT2D eigenvalue weighted by atomic mass is 15.2. The molecule has 0 atom stereocenters. The molecular weight excluding hydrogens is 719 g/mol. The van der Waals surface area contributed by atoms with Crippen molar-refractivity contribution in [2.45, 2.75) is 0 Å². The van der Waals surface area contributed by atoms with Crippen LogP contribution in [0.15, 0.2) is 188 Å². The van der Waals surface area contributed by atoms with Gasteiger partial charge in [0, 0.05) is 48.8 Å². The molecule has 0 amide bonds. The van der Waals surface area contributed by atoms with Crippen molar-refractivity contribution >= 4 is 87.2 Å². The summed E-state index contributed by atoms with van der Waals surface area (Å²) in [6.45, 7) is 0. The maximum atomic E-state index is 5.74. The van der Waals surface area contributed by atoms with E-state index in [9.17, 15) is 0 Å². The number of rotatable bonds is 2. The summed E-state index contributed by atoms with van der Waals surface area (Å²) in [5.74, 6) is 1.57. The molecule has 13 aromatic rings. The Labute approximate surface area is 337 Å². The lowest BCUT2D eigenvalue weighted by Crippen LogP contribution is -2.09. The number of benzene rings is 9. The smallest absolute Gasteiger partial charge is 0.182 e. The maximum Gasteiger partial charge on any atom is 0.182 e. The molecule has 0 saturated heterocycles. The molecule has 0 N–H and O–H groups in total. The van der Waals surface area contributed by atoms with Crippen molar-refractivity contribution in [2.24, 2.45) is 0 Å². The van der Waals surface area contributed by atoms with Crippen molar-refractivity contribution in [1.82, 2.24) is 23.7 Å². The van der Waals surface area contributed by atoms with E-state index in [4.69, 9.17) is 9.97 Å². The molecule has 0 radical (unpaired) electrons. The third-order valence-corrected chi connectivity index (χ3v) is 12.8. The van der Waals surface area contributed by atoms with Crippen molar-refractivity contribution in [3.63, 3.8) is 0 Å². The van der Waals surface area contributed by atoms with Crippen molar-refractivity contribution in [1.29, 1.82) is 0 Å². The van der Waals surface area contributed by atoms with Gasteiger partial charge in [-0.3, -0.25) is 9.13 Å². The zero-order valence-corrected chi connectivity index (χ0v) is 31.6. The predicted octanol–water partition coefficient (Wildman–Crippen LogP) is 13.7. The van der Waals surface area contributed by atoms with Crippen LogP contribution in [0.2, 0.25) is 0 Å². The second-order valence-electron chi connectivity index (χ2n) is 15.7. The Balaban J connectivity index is 1.23. The molecule has 1 aliphatic heterocycles. The van der Waals surface area contributed by atoms with Crippen molar-refractivity contribution < 1.29 is 0 Å². The van der Waals surface area contributed by atoms with Gasteiger partial charge in [0.25, 0.3) is 0 Å². The molecule has 272 valence electrons. The Morgan fingerprint density at radius 1 is 0.339 bits per heavy atom. The highest BCUT2D eigenvalue weighted by molar-refractivity contribution is 6.28. The van der Waals surface area contributed by atoms with Crippen molar-refractivity contribution in [3.05, 3.63) is 188 Å². The molecule has 0 spiro atoms. The molecule has 0 aliphatic carbocycles. The van der Waals surface area contributed by atoms with Gasteiger partial charge in [-0.1, -0.05) is 146 Å². The van der Waals surface area contributed by atoms with Gasteiger partial charge in [-0.05, 0) is 59.0 Å². The first-order valence-corrected chi connectivity index (χ1v) is 20.2. The van der Waals surface area contributed by atoms with E-state index in [0.717, 1.165) is 55.5 Å². The molecule has 5 heteroatoms. The van der Waals surface area contributed by atoms with Gasteiger partial charge in [-0.25, -0.2) is 9.97 Å². The van der Waals surface area contributed by atoms with Crippen LogP contribution in [0.1, 0.15) is 0 Å². The molecule has 0 saturated carbocycles. The average molecular weight is 750 g/mol. The molecule has 0 fully saturated rings. The van der Waals surface area contributed by atoms with Gasteiger partial charge in [0.2, 0.25) is 0 Å². The normalized spacial score (nSPS) is 12.4. The lowest BCUT2D eigenvalue weighted by Gasteiger charge is -2.17. The standard InChI is InChI=1S/C54H31N5/c1-2-16-33-32(15-1)29-30-42-51(33)56-54(58-45-26-12-6-19-36(45)37-20-7-13-27-46(37)58)53(55-42)59-47-28-14-9-23-40(47)49-48(59)31-41-38-21-8-11-25-44(38)57-43-24-10-5-18-35(43)34-17-3-4-22-39(34)50(49)52(41)57/h1-31H. The SMILES string of the molecule is c1ccc2c(c1)-c1ccccc1-n1c3ccccc3c3cc4c(c-2c31)c1ccccc1n4-c1nc2ccc3ccccc3c2nc1-n1c2ccccc2c2ccccc21. The number of nitrogens with zero attached hydrogens (tertiary/aromatic N) is 5. The van der Waals surface area contributed by atoms with Crippen LogP contribution in [0.4, 0.5) is 0 Å². The summed E-state index contributed by atoms with van der Waals surface area (Å²) in [6.07, 6.45) is 0. The van der Waals surface area contributed by atoms with Gasteiger partial charge in [0.05, 0.1) is 49.8 Å². The van der Waals surface area contributed by atoms with Gasteiger partial charge in [0.15, 0.2) is 11.6 Å². The van der Waals surface area contributed by atoms with Gasteiger partial charge >= 0.3 is 0 Å². The van der Waals surface area contributed by atoms with Crippen LogP contribution in [0, 0.1) is 0 Å². The molecule has 1 aliphatic rings. The first-order chi connectivity index (χ1) is 29.3. The fraction of sp³-hybridized carbons (Fsp3) is 0. The molecule has 5 heterocycles. The van der Waals surface area contributed by atoms with E-state index in [1.165, 1.54) is 71.3 Å². The second kappa shape index (κ2) is 11.3. The second-order valence-corrected chi connectivity index (χ2v) is 15.7. The average Bonchev–Trinajstić information content (AvgIpc) is 3.90. The largest absolute Gasteiger partial charge is 0.308 e. The highest BCUT2D eigenvalue weighted by Gasteiger charge is 2.30. The Morgan fingerprint density at radius 2 is 0.847 bits per heavy atom. The van der Waals surface area contributed by atoms with Crippen LogP contribution in [-0.4, -0.2) is 23.7 Å². The Bertz CT molecular complexity index is 3920. The number of aromatic nitrogens is 5. The van der Waals surface area contributed by atoms with Gasteiger partial charge in [-0.2, -0.15) is 0 Å². The third-order valence-electron chi connectivity index (χ3n) is 12.8. The summed E-state index contributed by atoms with van der Waals surface area (Å²) >= 11 is 0. The molecular formula is C54H31N5. The minimum Gasteiger partial charge on any atom is -0.308 e. The topological polar surface area (TPSA) is 40.6 Å². The summed E-state index contributed by atoms with van der Waals surface area (Å²) in [5.41, 5.74) is 14.6. The first kappa shape index (κ1) is 31.1. The van der Waals surface area contributed by atoms with Gasteiger partial charge < -0.3 is 4.57 Å². The summed E-state index contributed by atoms with van der Waals surface area (Å²) in [7, 11) is 0. The number of fused-ring (bicyclic) bond motifs is 18. The van der Waals surface area contributed by atoms with E-state index in [-0.39, 0.29) is 0 Å². The lowest BCUT2D eigenvalue weighted by atomic mass is 9.91. The minimum atomic E-state index is 0.783. The van der Waals surface area contributed by atoms with E-state index in [0.29, 0.717) is 0 Å².